The predicted octanol–water partition coefficient (Wildman–Crippen LogP) is 4.56. The summed E-state index contributed by atoms with van der Waals surface area (Å²) in [5.41, 5.74) is 4.63. The molecule has 0 atom stereocenters. The minimum atomic E-state index is -1.01. The molecule has 30 heavy (non-hydrogen) atoms. The van der Waals surface area contributed by atoms with Gasteiger partial charge in [0.25, 0.3) is 0 Å². The van der Waals surface area contributed by atoms with Gasteiger partial charge in [-0.05, 0) is 50.6 Å². The molecule has 3 aromatic rings. The standard InChI is InChI=1S/C23H24N2O5/c1-15-4-8-19(9-5-15)23-24-21(17(3)30-23)13-29-25-16(2)12-18-6-10-20(11-7-18)28-14-22(26)27/h4-11H,12-14H2,1-3H3,(H,26,27). The van der Waals surface area contributed by atoms with Gasteiger partial charge in [0.05, 0.1) is 5.71 Å². The van der Waals surface area contributed by atoms with E-state index in [9.17, 15) is 4.79 Å². The van der Waals surface area contributed by atoms with Crippen molar-refractivity contribution >= 4 is 11.7 Å². The molecule has 156 valence electrons. The van der Waals surface area contributed by atoms with Gasteiger partial charge in [-0.3, -0.25) is 0 Å². The van der Waals surface area contributed by atoms with Crippen LogP contribution < -0.4 is 4.74 Å². The lowest BCUT2D eigenvalue weighted by Crippen LogP contribution is -2.09. The summed E-state index contributed by atoms with van der Waals surface area (Å²) in [4.78, 5) is 20.5. The van der Waals surface area contributed by atoms with Gasteiger partial charge in [-0.25, -0.2) is 9.78 Å². The van der Waals surface area contributed by atoms with Gasteiger partial charge in [-0.15, -0.1) is 0 Å². The molecule has 0 aliphatic carbocycles. The highest BCUT2D eigenvalue weighted by atomic mass is 16.6. The van der Waals surface area contributed by atoms with E-state index in [1.54, 1.807) is 12.1 Å². The minimum absolute atomic E-state index is 0.223. The summed E-state index contributed by atoms with van der Waals surface area (Å²) in [6, 6.07) is 15.2. The number of carbonyl (C=O) groups is 1. The second-order valence-electron chi connectivity index (χ2n) is 6.99. The maximum atomic E-state index is 10.5. The highest BCUT2D eigenvalue weighted by molar-refractivity contribution is 5.83. The molecule has 1 aromatic heterocycles. The van der Waals surface area contributed by atoms with Crippen molar-refractivity contribution in [1.82, 2.24) is 4.98 Å². The summed E-state index contributed by atoms with van der Waals surface area (Å²) >= 11 is 0. The van der Waals surface area contributed by atoms with Crippen molar-refractivity contribution in [3.8, 4) is 17.2 Å². The van der Waals surface area contributed by atoms with Gasteiger partial charge in [-0.1, -0.05) is 35.0 Å². The van der Waals surface area contributed by atoms with Crippen molar-refractivity contribution in [2.24, 2.45) is 5.16 Å². The van der Waals surface area contributed by atoms with E-state index in [4.69, 9.17) is 19.1 Å². The molecule has 0 bridgehead atoms. The Morgan fingerprint density at radius 2 is 1.80 bits per heavy atom. The Labute approximate surface area is 175 Å². The summed E-state index contributed by atoms with van der Waals surface area (Å²) in [6.07, 6.45) is 0.603. The van der Waals surface area contributed by atoms with Crippen molar-refractivity contribution in [3.63, 3.8) is 0 Å². The SMILES string of the molecule is CC(Cc1ccc(OCC(=O)O)cc1)=NOCc1nc(-c2ccc(C)cc2)oc1C. The quantitative estimate of drug-likeness (QED) is 0.412. The molecule has 0 fully saturated rings. The summed E-state index contributed by atoms with van der Waals surface area (Å²) in [7, 11) is 0. The number of ether oxygens (including phenoxy) is 1. The van der Waals surface area contributed by atoms with Crippen LogP contribution in [0.2, 0.25) is 0 Å². The van der Waals surface area contributed by atoms with Crippen LogP contribution in [0, 0.1) is 13.8 Å². The van der Waals surface area contributed by atoms with Crippen LogP contribution in [0.5, 0.6) is 5.75 Å². The topological polar surface area (TPSA) is 94.2 Å². The van der Waals surface area contributed by atoms with E-state index in [1.807, 2.05) is 57.2 Å². The number of nitrogens with zero attached hydrogens (tertiary/aromatic N) is 2. The smallest absolute Gasteiger partial charge is 0.341 e. The highest BCUT2D eigenvalue weighted by Gasteiger charge is 2.12. The first-order chi connectivity index (χ1) is 14.4. The van der Waals surface area contributed by atoms with E-state index in [2.05, 4.69) is 10.1 Å². The average molecular weight is 408 g/mol. The van der Waals surface area contributed by atoms with Crippen molar-refractivity contribution in [1.29, 1.82) is 0 Å². The Bertz CT molecular complexity index is 1020. The molecular weight excluding hydrogens is 384 g/mol. The monoisotopic (exact) mass is 408 g/mol. The fourth-order valence-corrected chi connectivity index (χ4v) is 2.76. The van der Waals surface area contributed by atoms with E-state index in [0.29, 0.717) is 29.5 Å². The Hall–Kier alpha value is -3.61. The lowest BCUT2D eigenvalue weighted by molar-refractivity contribution is -0.139. The van der Waals surface area contributed by atoms with Gasteiger partial charge in [0.1, 0.15) is 17.2 Å². The normalized spacial score (nSPS) is 11.4. The molecule has 0 aliphatic heterocycles. The summed E-state index contributed by atoms with van der Waals surface area (Å²) < 4.78 is 10.9. The molecule has 0 saturated carbocycles. The third-order valence-electron chi connectivity index (χ3n) is 4.36. The predicted molar refractivity (Wildman–Crippen MR) is 113 cm³/mol. The van der Waals surface area contributed by atoms with E-state index in [1.165, 1.54) is 5.56 Å². The van der Waals surface area contributed by atoms with Crippen LogP contribution >= 0.6 is 0 Å². The molecule has 1 N–H and O–H groups in total. The van der Waals surface area contributed by atoms with Gasteiger partial charge in [0.2, 0.25) is 5.89 Å². The lowest BCUT2D eigenvalue weighted by Gasteiger charge is -2.05. The lowest BCUT2D eigenvalue weighted by atomic mass is 10.1. The number of aliphatic carboxylic acids is 1. The molecule has 0 amide bonds. The van der Waals surface area contributed by atoms with Crippen LogP contribution in [0.4, 0.5) is 0 Å². The zero-order valence-electron chi connectivity index (χ0n) is 17.2. The van der Waals surface area contributed by atoms with Crippen LogP contribution in [0.1, 0.15) is 29.5 Å². The molecule has 2 aromatic carbocycles. The summed E-state index contributed by atoms with van der Waals surface area (Å²) in [5.74, 6) is 0.776. The number of aryl methyl sites for hydroxylation is 2. The molecule has 1 heterocycles. The van der Waals surface area contributed by atoms with Crippen LogP contribution in [0.3, 0.4) is 0 Å². The first-order valence-corrected chi connectivity index (χ1v) is 9.53. The van der Waals surface area contributed by atoms with Gasteiger partial charge >= 0.3 is 5.97 Å². The number of oxime groups is 1. The third-order valence-corrected chi connectivity index (χ3v) is 4.36. The molecular formula is C23H24N2O5. The van der Waals surface area contributed by atoms with Crippen molar-refractivity contribution < 1.29 is 23.9 Å². The Kier molecular flexibility index (Phi) is 6.85. The van der Waals surface area contributed by atoms with Gasteiger partial charge < -0.3 is 19.1 Å². The molecule has 0 unspecified atom stereocenters. The highest BCUT2D eigenvalue weighted by Crippen LogP contribution is 2.22. The molecule has 0 aliphatic rings. The van der Waals surface area contributed by atoms with Crippen molar-refractivity contribution in [2.45, 2.75) is 33.8 Å². The van der Waals surface area contributed by atoms with Gasteiger partial charge in [0, 0.05) is 12.0 Å². The van der Waals surface area contributed by atoms with Crippen LogP contribution in [-0.2, 0) is 22.7 Å². The number of aromatic nitrogens is 1. The Morgan fingerprint density at radius 3 is 2.47 bits per heavy atom. The maximum absolute atomic E-state index is 10.5. The van der Waals surface area contributed by atoms with Gasteiger partial charge in [-0.2, -0.15) is 0 Å². The number of carboxylic acid groups (broad SMARTS) is 1. The van der Waals surface area contributed by atoms with E-state index in [0.717, 1.165) is 16.8 Å². The molecule has 0 saturated heterocycles. The molecule has 0 radical (unpaired) electrons. The van der Waals surface area contributed by atoms with Crippen LogP contribution in [0.25, 0.3) is 11.5 Å². The largest absolute Gasteiger partial charge is 0.482 e. The van der Waals surface area contributed by atoms with E-state index >= 15 is 0 Å². The van der Waals surface area contributed by atoms with E-state index in [-0.39, 0.29) is 13.2 Å². The van der Waals surface area contributed by atoms with Crippen LogP contribution in [-0.4, -0.2) is 28.4 Å². The summed E-state index contributed by atoms with van der Waals surface area (Å²) in [5, 5.41) is 12.8. The average Bonchev–Trinajstić information content (AvgIpc) is 3.08. The first kappa shape index (κ1) is 21.1. The fourth-order valence-electron chi connectivity index (χ4n) is 2.76. The van der Waals surface area contributed by atoms with E-state index < -0.39 is 5.97 Å². The first-order valence-electron chi connectivity index (χ1n) is 9.53. The summed E-state index contributed by atoms with van der Waals surface area (Å²) in [6.45, 7) is 5.63. The number of hydrogen-bond acceptors (Lipinski definition) is 6. The van der Waals surface area contributed by atoms with Crippen molar-refractivity contribution in [3.05, 3.63) is 71.1 Å². The second-order valence-corrected chi connectivity index (χ2v) is 6.99. The molecule has 3 rings (SSSR count). The maximum Gasteiger partial charge on any atom is 0.341 e. The molecule has 7 heteroatoms. The number of oxazole rings is 1. The molecule has 7 nitrogen and oxygen atoms in total. The van der Waals surface area contributed by atoms with Crippen molar-refractivity contribution in [2.75, 3.05) is 6.61 Å². The number of carboxylic acids is 1. The van der Waals surface area contributed by atoms with Gasteiger partial charge in [0.15, 0.2) is 13.2 Å². The Balaban J connectivity index is 1.53. The number of rotatable bonds is 9. The molecule has 0 spiro atoms. The third kappa shape index (κ3) is 5.94. The number of benzene rings is 2. The van der Waals surface area contributed by atoms with Crippen LogP contribution in [0.15, 0.2) is 58.1 Å². The minimum Gasteiger partial charge on any atom is -0.482 e. The number of hydrogen-bond donors (Lipinski definition) is 1. The zero-order chi connectivity index (χ0) is 21.5. The second kappa shape index (κ2) is 9.73. The Morgan fingerprint density at radius 1 is 1.10 bits per heavy atom. The fraction of sp³-hybridized carbons (Fsp3) is 0.261. The zero-order valence-corrected chi connectivity index (χ0v) is 17.2.